The van der Waals surface area contributed by atoms with Crippen LogP contribution in [0, 0.1) is 0 Å². The van der Waals surface area contributed by atoms with Gasteiger partial charge in [0.15, 0.2) is 12.0 Å². The molecule has 11 heteroatoms. The molecule has 2 saturated heterocycles. The van der Waals surface area contributed by atoms with Crippen LogP contribution in [0.2, 0.25) is 10.2 Å². The second-order valence-corrected chi connectivity index (χ2v) is 9.34. The van der Waals surface area contributed by atoms with Crippen molar-refractivity contribution in [2.24, 2.45) is 0 Å². The molecule has 1 aromatic carbocycles. The highest BCUT2D eigenvalue weighted by molar-refractivity contribution is 6.33. The minimum atomic E-state index is -1.72. The van der Waals surface area contributed by atoms with E-state index in [0.717, 1.165) is 0 Å². The highest BCUT2D eigenvalue weighted by atomic mass is 35.5. The lowest BCUT2D eigenvalue weighted by Gasteiger charge is -2.28. The number of hydrogen-bond donors (Lipinski definition) is 2. The van der Waals surface area contributed by atoms with Gasteiger partial charge in [0.05, 0.1) is 12.0 Å². The minimum absolute atomic E-state index is 0.0882. The normalized spacial score (nSPS) is 28.2. The summed E-state index contributed by atoms with van der Waals surface area (Å²) in [6.07, 6.45) is -2.73. The molecule has 0 aliphatic carbocycles. The van der Waals surface area contributed by atoms with E-state index in [2.05, 4.69) is 9.97 Å². The number of benzene rings is 1. The van der Waals surface area contributed by atoms with Gasteiger partial charge in [-0.25, -0.2) is 14.4 Å². The van der Waals surface area contributed by atoms with Crippen molar-refractivity contribution in [3.63, 3.8) is 0 Å². The Bertz CT molecular complexity index is 1190. The fourth-order valence-corrected chi connectivity index (χ4v) is 4.96. The van der Waals surface area contributed by atoms with Crippen LogP contribution in [0.3, 0.4) is 0 Å². The van der Waals surface area contributed by atoms with Gasteiger partial charge in [-0.2, -0.15) is 0 Å². The van der Waals surface area contributed by atoms with Gasteiger partial charge < -0.3 is 29.0 Å². The number of hydrogen-bond acceptors (Lipinski definition) is 7. The van der Waals surface area contributed by atoms with Gasteiger partial charge in [0.2, 0.25) is 0 Å². The molecule has 2 fully saturated rings. The van der Waals surface area contributed by atoms with Crippen molar-refractivity contribution in [1.82, 2.24) is 14.5 Å². The molecule has 33 heavy (non-hydrogen) atoms. The molecule has 2 aliphatic rings. The van der Waals surface area contributed by atoms with Gasteiger partial charge in [-0.1, -0.05) is 29.3 Å². The first-order valence-corrected chi connectivity index (χ1v) is 11.2. The summed E-state index contributed by atoms with van der Waals surface area (Å²) in [5.74, 6) is -0.929. The zero-order valence-electron chi connectivity index (χ0n) is 17.7. The van der Waals surface area contributed by atoms with E-state index < -0.39 is 49.2 Å². The number of fused-ring (bicyclic) bond motifs is 2. The zero-order chi connectivity index (χ0) is 23.5. The standard InChI is InChI=1S/C22H22Cl2FN3O5/c1-22(2)32-17-16(15(30)11-4-3-10(23)7-13(11)14(25)8-29)31-21(18(17)33-22)28-6-5-12-19(24)26-9-27-20(12)28/h3-7,9,14-18,21,29-30H,8H2,1-2H3/t14-,15-,16-,17-,18-,21-/m1/s1. The Kier molecular flexibility index (Phi) is 5.85. The fourth-order valence-electron chi connectivity index (χ4n) is 4.59. The summed E-state index contributed by atoms with van der Waals surface area (Å²) in [5, 5.41) is 21.9. The second kappa shape index (κ2) is 8.42. The average molecular weight is 498 g/mol. The van der Waals surface area contributed by atoms with Gasteiger partial charge in [-0.05, 0) is 43.2 Å². The van der Waals surface area contributed by atoms with Gasteiger partial charge >= 0.3 is 0 Å². The first-order chi connectivity index (χ1) is 15.7. The monoisotopic (exact) mass is 497 g/mol. The SMILES string of the molecule is CC1(C)O[C@H]2[C@@H](O1)[C@H](n1ccc3c(Cl)ncnc31)O[C@@H]2[C@H](O)c1ccc(Cl)cc1[C@H](F)CO. The predicted molar refractivity (Wildman–Crippen MR) is 118 cm³/mol. The van der Waals surface area contributed by atoms with Crippen molar-refractivity contribution in [3.05, 3.63) is 58.1 Å². The van der Waals surface area contributed by atoms with Gasteiger partial charge in [-0.15, -0.1) is 0 Å². The smallest absolute Gasteiger partial charge is 0.164 e. The minimum Gasteiger partial charge on any atom is -0.393 e. The molecular weight excluding hydrogens is 476 g/mol. The summed E-state index contributed by atoms with van der Waals surface area (Å²) in [6.45, 7) is 2.80. The Labute approximate surface area is 198 Å². The van der Waals surface area contributed by atoms with E-state index in [-0.39, 0.29) is 16.1 Å². The number of halogens is 3. The second-order valence-electron chi connectivity index (χ2n) is 8.55. The number of nitrogens with zero attached hydrogens (tertiary/aromatic N) is 3. The fraction of sp³-hybridized carbons (Fsp3) is 0.455. The molecule has 0 spiro atoms. The van der Waals surface area contributed by atoms with Crippen LogP contribution in [-0.4, -0.2) is 55.5 Å². The lowest BCUT2D eigenvalue weighted by molar-refractivity contribution is -0.207. The molecule has 0 radical (unpaired) electrons. The molecular formula is C22H22Cl2FN3O5. The van der Waals surface area contributed by atoms with Crippen LogP contribution in [0.1, 0.15) is 43.5 Å². The lowest BCUT2D eigenvalue weighted by atomic mass is 9.93. The third-order valence-electron chi connectivity index (χ3n) is 5.98. The summed E-state index contributed by atoms with van der Waals surface area (Å²) in [7, 11) is 0. The summed E-state index contributed by atoms with van der Waals surface area (Å²) in [4.78, 5) is 8.32. The number of rotatable bonds is 5. The topological polar surface area (TPSA) is 98.9 Å². The van der Waals surface area contributed by atoms with E-state index in [1.54, 1.807) is 36.7 Å². The molecule has 0 amide bonds. The van der Waals surface area contributed by atoms with Crippen LogP contribution in [0.5, 0.6) is 0 Å². The van der Waals surface area contributed by atoms with Crippen molar-refractivity contribution in [2.75, 3.05) is 6.61 Å². The molecule has 5 rings (SSSR count). The maximum absolute atomic E-state index is 14.5. The average Bonchev–Trinajstić information content (AvgIpc) is 3.43. The number of aromatic nitrogens is 3. The number of aliphatic hydroxyl groups excluding tert-OH is 2. The molecule has 2 N–H and O–H groups in total. The molecule has 4 heterocycles. The van der Waals surface area contributed by atoms with E-state index in [1.807, 2.05) is 0 Å². The Balaban J connectivity index is 1.55. The van der Waals surface area contributed by atoms with Gasteiger partial charge in [0.25, 0.3) is 0 Å². The summed E-state index contributed by atoms with van der Waals surface area (Å²) >= 11 is 12.2. The zero-order valence-corrected chi connectivity index (χ0v) is 19.2. The summed E-state index contributed by atoms with van der Waals surface area (Å²) in [6, 6.07) is 6.23. The quantitative estimate of drug-likeness (QED) is 0.515. The van der Waals surface area contributed by atoms with E-state index in [1.165, 1.54) is 18.5 Å². The largest absolute Gasteiger partial charge is 0.393 e. The van der Waals surface area contributed by atoms with E-state index in [9.17, 15) is 14.6 Å². The van der Waals surface area contributed by atoms with E-state index >= 15 is 0 Å². The van der Waals surface area contributed by atoms with E-state index in [0.29, 0.717) is 16.2 Å². The molecule has 0 bridgehead atoms. The highest BCUT2D eigenvalue weighted by Crippen LogP contribution is 2.48. The first-order valence-electron chi connectivity index (χ1n) is 10.4. The van der Waals surface area contributed by atoms with Crippen molar-refractivity contribution in [3.8, 4) is 0 Å². The van der Waals surface area contributed by atoms with Crippen LogP contribution >= 0.6 is 23.2 Å². The third-order valence-corrected chi connectivity index (χ3v) is 6.51. The molecule has 2 aliphatic heterocycles. The summed E-state index contributed by atoms with van der Waals surface area (Å²) < 4.78 is 34.8. The maximum Gasteiger partial charge on any atom is 0.164 e. The molecule has 0 saturated carbocycles. The van der Waals surface area contributed by atoms with Gasteiger partial charge in [0.1, 0.15) is 47.7 Å². The predicted octanol–water partition coefficient (Wildman–Crippen LogP) is 3.89. The molecule has 3 aromatic rings. The molecule has 0 unspecified atom stereocenters. The van der Waals surface area contributed by atoms with Crippen molar-refractivity contribution in [2.45, 2.75) is 56.5 Å². The number of ether oxygens (including phenoxy) is 3. The summed E-state index contributed by atoms with van der Waals surface area (Å²) in [5.41, 5.74) is 0.880. The molecule has 8 nitrogen and oxygen atoms in total. The van der Waals surface area contributed by atoms with Crippen LogP contribution in [-0.2, 0) is 14.2 Å². The van der Waals surface area contributed by atoms with Crippen molar-refractivity contribution in [1.29, 1.82) is 0 Å². The Morgan fingerprint density at radius 3 is 2.67 bits per heavy atom. The highest BCUT2D eigenvalue weighted by Gasteiger charge is 2.58. The third kappa shape index (κ3) is 3.91. The van der Waals surface area contributed by atoms with Gasteiger partial charge in [-0.3, -0.25) is 0 Å². The van der Waals surface area contributed by atoms with Crippen molar-refractivity contribution >= 4 is 34.2 Å². The lowest BCUT2D eigenvalue weighted by Crippen LogP contribution is -2.34. The Morgan fingerprint density at radius 1 is 1.15 bits per heavy atom. The van der Waals surface area contributed by atoms with Crippen LogP contribution < -0.4 is 0 Å². The molecule has 2 aromatic heterocycles. The Morgan fingerprint density at radius 2 is 1.91 bits per heavy atom. The van der Waals surface area contributed by atoms with Gasteiger partial charge in [0, 0.05) is 11.2 Å². The molecule has 6 atom stereocenters. The first kappa shape index (κ1) is 22.9. The van der Waals surface area contributed by atoms with Crippen LogP contribution in [0.4, 0.5) is 4.39 Å². The van der Waals surface area contributed by atoms with E-state index in [4.69, 9.17) is 37.4 Å². The van der Waals surface area contributed by atoms with Crippen LogP contribution in [0.15, 0.2) is 36.8 Å². The van der Waals surface area contributed by atoms with Crippen molar-refractivity contribution < 1.29 is 28.8 Å². The molecule has 176 valence electrons. The number of aliphatic hydroxyl groups is 2. The maximum atomic E-state index is 14.5. The Hall–Kier alpha value is -1.85. The number of alkyl halides is 1. The van der Waals surface area contributed by atoms with Crippen LogP contribution in [0.25, 0.3) is 11.0 Å².